The molecule has 1 saturated heterocycles. The molecule has 2 heterocycles. The second kappa shape index (κ2) is 5.78. The molecule has 0 bridgehead atoms. The van der Waals surface area contributed by atoms with Gasteiger partial charge in [0.25, 0.3) is 0 Å². The van der Waals surface area contributed by atoms with Crippen LogP contribution >= 0.6 is 11.8 Å². The van der Waals surface area contributed by atoms with Crippen molar-refractivity contribution in [2.75, 3.05) is 12.3 Å². The highest BCUT2D eigenvalue weighted by molar-refractivity contribution is 8.00. The molecule has 0 saturated carbocycles. The number of carbonyl (C=O) groups excluding carboxylic acids is 1. The van der Waals surface area contributed by atoms with Crippen molar-refractivity contribution in [1.29, 1.82) is 0 Å². The van der Waals surface area contributed by atoms with Gasteiger partial charge in [0.1, 0.15) is 0 Å². The van der Waals surface area contributed by atoms with E-state index < -0.39 is 0 Å². The molecule has 3 atom stereocenters. The number of hydrogen-bond acceptors (Lipinski definition) is 3. The molecular formula is C16H22N2OS. The highest BCUT2D eigenvalue weighted by atomic mass is 32.2. The Hall–Kier alpha value is -1.00. The predicted molar refractivity (Wildman–Crippen MR) is 83.9 cm³/mol. The van der Waals surface area contributed by atoms with Crippen LogP contribution in [-0.4, -0.2) is 40.4 Å². The van der Waals surface area contributed by atoms with Gasteiger partial charge < -0.3 is 10.2 Å². The number of hydrogen-bond donors (Lipinski definition) is 1. The van der Waals surface area contributed by atoms with Gasteiger partial charge in [-0.1, -0.05) is 31.2 Å². The first-order valence-electron chi connectivity index (χ1n) is 7.39. The average molecular weight is 290 g/mol. The zero-order chi connectivity index (χ0) is 14.1. The van der Waals surface area contributed by atoms with Crippen LogP contribution in [0.2, 0.25) is 0 Å². The molecule has 1 amide bonds. The summed E-state index contributed by atoms with van der Waals surface area (Å²) in [5.41, 5.74) is 2.64. The van der Waals surface area contributed by atoms with Gasteiger partial charge in [-0.15, -0.1) is 0 Å². The molecule has 3 unspecified atom stereocenters. The molecule has 108 valence electrons. The van der Waals surface area contributed by atoms with Crippen molar-refractivity contribution in [3.8, 4) is 0 Å². The minimum atomic E-state index is -0.0531. The van der Waals surface area contributed by atoms with Crippen molar-refractivity contribution in [2.24, 2.45) is 0 Å². The SMILES string of the molecule is CC1SCCN(C(=O)C2Cc3ccccc3CN2)C1C. The van der Waals surface area contributed by atoms with E-state index in [1.54, 1.807) is 0 Å². The maximum Gasteiger partial charge on any atom is 0.240 e. The quantitative estimate of drug-likeness (QED) is 0.859. The van der Waals surface area contributed by atoms with Gasteiger partial charge in [-0.25, -0.2) is 0 Å². The average Bonchev–Trinajstić information content (AvgIpc) is 2.49. The molecule has 1 N–H and O–H groups in total. The van der Waals surface area contributed by atoms with E-state index in [2.05, 4.69) is 48.3 Å². The van der Waals surface area contributed by atoms with Crippen LogP contribution in [0.3, 0.4) is 0 Å². The Balaban J connectivity index is 1.72. The minimum absolute atomic E-state index is 0.0531. The Morgan fingerprint density at radius 1 is 1.30 bits per heavy atom. The molecule has 4 heteroatoms. The zero-order valence-corrected chi connectivity index (χ0v) is 13.0. The highest BCUT2D eigenvalue weighted by Crippen LogP contribution is 2.26. The van der Waals surface area contributed by atoms with Gasteiger partial charge in [-0.05, 0) is 24.5 Å². The topological polar surface area (TPSA) is 32.3 Å². The summed E-state index contributed by atoms with van der Waals surface area (Å²) in [6.07, 6.45) is 0.819. The number of rotatable bonds is 1. The molecule has 1 fully saturated rings. The van der Waals surface area contributed by atoms with Crippen molar-refractivity contribution in [1.82, 2.24) is 10.2 Å². The second-order valence-corrected chi connectivity index (χ2v) is 7.24. The van der Waals surface area contributed by atoms with Gasteiger partial charge in [0.15, 0.2) is 0 Å². The lowest BCUT2D eigenvalue weighted by Crippen LogP contribution is -2.56. The van der Waals surface area contributed by atoms with Crippen molar-refractivity contribution in [3.05, 3.63) is 35.4 Å². The smallest absolute Gasteiger partial charge is 0.240 e. The molecule has 20 heavy (non-hydrogen) atoms. The van der Waals surface area contributed by atoms with E-state index >= 15 is 0 Å². The van der Waals surface area contributed by atoms with E-state index in [0.717, 1.165) is 25.3 Å². The zero-order valence-electron chi connectivity index (χ0n) is 12.1. The Morgan fingerprint density at radius 2 is 2.05 bits per heavy atom. The van der Waals surface area contributed by atoms with Crippen LogP contribution in [0.4, 0.5) is 0 Å². The summed E-state index contributed by atoms with van der Waals surface area (Å²) >= 11 is 1.97. The molecule has 0 aliphatic carbocycles. The lowest BCUT2D eigenvalue weighted by Gasteiger charge is -2.40. The fourth-order valence-electron chi connectivity index (χ4n) is 3.07. The van der Waals surface area contributed by atoms with Crippen molar-refractivity contribution in [2.45, 2.75) is 44.1 Å². The number of thioether (sulfide) groups is 1. The maximum atomic E-state index is 12.8. The normalized spacial score (nSPS) is 29.9. The van der Waals surface area contributed by atoms with Gasteiger partial charge in [-0.3, -0.25) is 4.79 Å². The standard InChI is InChI=1S/C16H22N2OS/c1-11-12(2)20-8-7-18(11)16(19)15-9-13-5-3-4-6-14(13)10-17-15/h3-6,11-12,15,17H,7-10H2,1-2H3. The molecule has 0 radical (unpaired) electrons. The van der Waals surface area contributed by atoms with Crippen LogP contribution in [0.1, 0.15) is 25.0 Å². The molecule has 2 aliphatic rings. The van der Waals surface area contributed by atoms with E-state index in [1.165, 1.54) is 11.1 Å². The highest BCUT2D eigenvalue weighted by Gasteiger charge is 2.34. The van der Waals surface area contributed by atoms with Crippen LogP contribution in [0, 0.1) is 0 Å². The first-order valence-corrected chi connectivity index (χ1v) is 8.44. The second-order valence-electron chi connectivity index (χ2n) is 5.75. The van der Waals surface area contributed by atoms with Gasteiger partial charge in [-0.2, -0.15) is 11.8 Å². The Morgan fingerprint density at radius 3 is 2.85 bits per heavy atom. The summed E-state index contributed by atoms with van der Waals surface area (Å²) in [5, 5.41) is 3.94. The minimum Gasteiger partial charge on any atom is -0.337 e. The fraction of sp³-hybridized carbons (Fsp3) is 0.562. The predicted octanol–water partition coefficient (Wildman–Crippen LogP) is 2.05. The molecule has 3 rings (SSSR count). The van der Waals surface area contributed by atoms with Gasteiger partial charge in [0.05, 0.1) is 6.04 Å². The van der Waals surface area contributed by atoms with Crippen molar-refractivity contribution >= 4 is 17.7 Å². The van der Waals surface area contributed by atoms with Crippen molar-refractivity contribution < 1.29 is 4.79 Å². The molecule has 3 nitrogen and oxygen atoms in total. The lowest BCUT2D eigenvalue weighted by atomic mass is 9.95. The van der Waals surface area contributed by atoms with Crippen LogP contribution in [0.25, 0.3) is 0 Å². The van der Waals surface area contributed by atoms with Crippen LogP contribution in [-0.2, 0) is 17.8 Å². The number of nitrogens with one attached hydrogen (secondary N) is 1. The van der Waals surface area contributed by atoms with E-state index in [9.17, 15) is 4.79 Å². The summed E-state index contributed by atoms with van der Waals surface area (Å²) in [5.74, 6) is 1.33. The Kier molecular flexibility index (Phi) is 4.03. The summed E-state index contributed by atoms with van der Waals surface area (Å²) in [6.45, 7) is 6.08. The summed E-state index contributed by atoms with van der Waals surface area (Å²) in [4.78, 5) is 14.8. The summed E-state index contributed by atoms with van der Waals surface area (Å²) in [6, 6.07) is 8.70. The lowest BCUT2D eigenvalue weighted by molar-refractivity contribution is -0.135. The molecule has 1 aromatic rings. The largest absolute Gasteiger partial charge is 0.337 e. The van der Waals surface area contributed by atoms with E-state index in [-0.39, 0.29) is 11.9 Å². The Bertz CT molecular complexity index is 505. The number of amides is 1. The van der Waals surface area contributed by atoms with Crippen LogP contribution < -0.4 is 5.32 Å². The monoisotopic (exact) mass is 290 g/mol. The fourth-order valence-corrected chi connectivity index (χ4v) is 4.17. The maximum absolute atomic E-state index is 12.8. The van der Waals surface area contributed by atoms with E-state index in [0.29, 0.717) is 11.3 Å². The Labute approximate surface area is 125 Å². The van der Waals surface area contributed by atoms with Crippen LogP contribution in [0.5, 0.6) is 0 Å². The molecule has 0 spiro atoms. The number of carbonyl (C=O) groups is 1. The number of fused-ring (bicyclic) bond motifs is 1. The third kappa shape index (κ3) is 2.59. The number of nitrogens with zero attached hydrogens (tertiary/aromatic N) is 1. The molecule has 2 aliphatic heterocycles. The molecular weight excluding hydrogens is 268 g/mol. The van der Waals surface area contributed by atoms with Gasteiger partial charge in [0.2, 0.25) is 5.91 Å². The first-order chi connectivity index (χ1) is 9.66. The molecule has 0 aromatic heterocycles. The third-order valence-electron chi connectivity index (χ3n) is 4.55. The van der Waals surface area contributed by atoms with Crippen LogP contribution in [0.15, 0.2) is 24.3 Å². The van der Waals surface area contributed by atoms with E-state index in [1.807, 2.05) is 11.8 Å². The van der Waals surface area contributed by atoms with Gasteiger partial charge >= 0.3 is 0 Å². The third-order valence-corrected chi connectivity index (χ3v) is 5.88. The van der Waals surface area contributed by atoms with Crippen molar-refractivity contribution in [3.63, 3.8) is 0 Å². The molecule has 1 aromatic carbocycles. The summed E-state index contributed by atoms with van der Waals surface area (Å²) < 4.78 is 0. The number of benzene rings is 1. The van der Waals surface area contributed by atoms with Gasteiger partial charge in [0, 0.05) is 30.1 Å². The first kappa shape index (κ1) is 14.0. The summed E-state index contributed by atoms with van der Waals surface area (Å²) in [7, 11) is 0. The van der Waals surface area contributed by atoms with E-state index in [4.69, 9.17) is 0 Å².